The van der Waals surface area contributed by atoms with E-state index in [1.54, 1.807) is 13.0 Å². The largest absolute Gasteiger partial charge is 0.494 e. The van der Waals surface area contributed by atoms with Crippen molar-refractivity contribution < 1.29 is 13.5 Å². The second kappa shape index (κ2) is 5.14. The summed E-state index contributed by atoms with van der Waals surface area (Å²) in [5, 5.41) is 2.93. The van der Waals surface area contributed by atoms with Crippen LogP contribution in [0.15, 0.2) is 30.3 Å². The third-order valence-electron chi connectivity index (χ3n) is 2.84. The smallest absolute Gasteiger partial charge is 0.167 e. The van der Waals surface area contributed by atoms with E-state index in [-0.39, 0.29) is 5.75 Å². The molecule has 100 valence electrons. The lowest BCUT2D eigenvalue weighted by molar-refractivity contribution is 0.386. The first-order valence-corrected chi connectivity index (χ1v) is 5.67. The Balaban J connectivity index is 2.33. The highest BCUT2D eigenvalue weighted by Crippen LogP contribution is 2.28. The van der Waals surface area contributed by atoms with Crippen molar-refractivity contribution in [2.24, 2.45) is 0 Å². The molecule has 0 spiro atoms. The minimum absolute atomic E-state index is 0.154. The zero-order valence-electron chi connectivity index (χ0n) is 10.6. The van der Waals surface area contributed by atoms with E-state index in [2.05, 4.69) is 5.32 Å². The van der Waals surface area contributed by atoms with Gasteiger partial charge in [0.15, 0.2) is 11.6 Å². The lowest BCUT2D eigenvalue weighted by Crippen LogP contribution is -1.99. The van der Waals surface area contributed by atoms with E-state index >= 15 is 0 Å². The standard InChI is InChI=1S/C14H14F2N2O/c1-8-12(17)5-9(15)6-13(8)18-10-3-4-14(19-2)11(16)7-10/h3-7,18H,17H2,1-2H3. The summed E-state index contributed by atoms with van der Waals surface area (Å²) in [7, 11) is 1.39. The number of hydrogen-bond acceptors (Lipinski definition) is 3. The molecule has 0 saturated heterocycles. The highest BCUT2D eigenvalue weighted by molar-refractivity contribution is 5.69. The van der Waals surface area contributed by atoms with E-state index < -0.39 is 11.6 Å². The maximum Gasteiger partial charge on any atom is 0.167 e. The summed E-state index contributed by atoms with van der Waals surface area (Å²) in [5.41, 5.74) is 7.72. The van der Waals surface area contributed by atoms with Crippen molar-refractivity contribution in [2.75, 3.05) is 18.2 Å². The van der Waals surface area contributed by atoms with Gasteiger partial charge in [0, 0.05) is 23.1 Å². The van der Waals surface area contributed by atoms with E-state index in [0.29, 0.717) is 22.6 Å². The maximum absolute atomic E-state index is 13.5. The Morgan fingerprint density at radius 1 is 1.16 bits per heavy atom. The molecule has 0 aliphatic carbocycles. The monoisotopic (exact) mass is 264 g/mol. The summed E-state index contributed by atoms with van der Waals surface area (Å²) < 4.78 is 31.7. The van der Waals surface area contributed by atoms with Crippen molar-refractivity contribution in [3.63, 3.8) is 0 Å². The Hall–Kier alpha value is -2.30. The fourth-order valence-corrected chi connectivity index (χ4v) is 1.73. The molecule has 19 heavy (non-hydrogen) atoms. The first kappa shape index (κ1) is 13.1. The summed E-state index contributed by atoms with van der Waals surface area (Å²) in [4.78, 5) is 0. The van der Waals surface area contributed by atoms with Crippen LogP contribution in [0, 0.1) is 18.6 Å². The third-order valence-corrected chi connectivity index (χ3v) is 2.84. The topological polar surface area (TPSA) is 47.3 Å². The second-order valence-corrected chi connectivity index (χ2v) is 4.14. The van der Waals surface area contributed by atoms with Crippen LogP contribution in [-0.4, -0.2) is 7.11 Å². The van der Waals surface area contributed by atoms with Gasteiger partial charge in [-0.25, -0.2) is 8.78 Å². The van der Waals surface area contributed by atoms with E-state index in [9.17, 15) is 8.78 Å². The Kier molecular flexibility index (Phi) is 3.55. The predicted octanol–water partition coefficient (Wildman–Crippen LogP) is 3.61. The van der Waals surface area contributed by atoms with Crippen LogP contribution in [0.25, 0.3) is 0 Å². The van der Waals surface area contributed by atoms with E-state index in [4.69, 9.17) is 10.5 Å². The molecule has 0 aliphatic rings. The first-order valence-electron chi connectivity index (χ1n) is 5.67. The molecule has 0 radical (unpaired) electrons. The van der Waals surface area contributed by atoms with Gasteiger partial charge in [-0.15, -0.1) is 0 Å². The van der Waals surface area contributed by atoms with Crippen LogP contribution in [0.2, 0.25) is 0 Å². The Morgan fingerprint density at radius 2 is 1.89 bits per heavy atom. The Morgan fingerprint density at radius 3 is 2.53 bits per heavy atom. The molecule has 5 heteroatoms. The van der Waals surface area contributed by atoms with Gasteiger partial charge in [-0.2, -0.15) is 0 Å². The van der Waals surface area contributed by atoms with Gasteiger partial charge < -0.3 is 15.8 Å². The van der Waals surface area contributed by atoms with Gasteiger partial charge in [-0.1, -0.05) is 0 Å². The normalized spacial score (nSPS) is 10.3. The predicted molar refractivity (Wildman–Crippen MR) is 71.8 cm³/mol. The number of ether oxygens (including phenoxy) is 1. The van der Waals surface area contributed by atoms with Crippen LogP contribution in [0.4, 0.5) is 25.8 Å². The number of nitrogens with two attached hydrogens (primary N) is 1. The molecule has 2 aromatic carbocycles. The molecule has 0 unspecified atom stereocenters. The molecular formula is C14H14F2N2O. The van der Waals surface area contributed by atoms with Crippen molar-refractivity contribution in [1.82, 2.24) is 0 Å². The Bertz CT molecular complexity index is 615. The van der Waals surface area contributed by atoms with Crippen molar-refractivity contribution in [3.05, 3.63) is 47.5 Å². The molecule has 3 nitrogen and oxygen atoms in total. The second-order valence-electron chi connectivity index (χ2n) is 4.14. The zero-order chi connectivity index (χ0) is 14.0. The van der Waals surface area contributed by atoms with Gasteiger partial charge in [0.05, 0.1) is 7.11 Å². The SMILES string of the molecule is COc1ccc(Nc2cc(F)cc(N)c2C)cc1F. The van der Waals surface area contributed by atoms with Crippen LogP contribution >= 0.6 is 0 Å². The van der Waals surface area contributed by atoms with Crippen molar-refractivity contribution >= 4 is 17.1 Å². The quantitative estimate of drug-likeness (QED) is 0.832. The zero-order valence-corrected chi connectivity index (χ0v) is 10.6. The molecular weight excluding hydrogens is 250 g/mol. The van der Waals surface area contributed by atoms with Gasteiger partial charge >= 0.3 is 0 Å². The molecule has 0 aromatic heterocycles. The van der Waals surface area contributed by atoms with Gasteiger partial charge in [0.2, 0.25) is 0 Å². The molecule has 0 atom stereocenters. The van der Waals surface area contributed by atoms with Crippen molar-refractivity contribution in [1.29, 1.82) is 0 Å². The first-order chi connectivity index (χ1) is 9.01. The van der Waals surface area contributed by atoms with Crippen LogP contribution in [0.5, 0.6) is 5.75 Å². The highest BCUT2D eigenvalue weighted by Gasteiger charge is 2.08. The lowest BCUT2D eigenvalue weighted by atomic mass is 10.1. The molecule has 2 aromatic rings. The summed E-state index contributed by atoms with van der Waals surface area (Å²) in [5.74, 6) is -0.782. The van der Waals surface area contributed by atoms with E-state index in [0.717, 1.165) is 0 Å². The fraction of sp³-hybridized carbons (Fsp3) is 0.143. The molecule has 0 saturated carbocycles. The Labute approximate surface area is 110 Å². The third kappa shape index (κ3) is 2.76. The number of halogens is 2. The minimum atomic E-state index is -0.491. The van der Waals surface area contributed by atoms with Gasteiger partial charge in [-0.3, -0.25) is 0 Å². The summed E-state index contributed by atoms with van der Waals surface area (Å²) in [6.45, 7) is 1.76. The molecule has 3 N–H and O–H groups in total. The van der Waals surface area contributed by atoms with E-state index in [1.165, 1.54) is 31.4 Å². The van der Waals surface area contributed by atoms with Crippen LogP contribution in [0.1, 0.15) is 5.56 Å². The maximum atomic E-state index is 13.5. The summed E-state index contributed by atoms with van der Waals surface area (Å²) >= 11 is 0. The van der Waals surface area contributed by atoms with Crippen LogP contribution in [-0.2, 0) is 0 Å². The van der Waals surface area contributed by atoms with Crippen molar-refractivity contribution in [3.8, 4) is 5.75 Å². The van der Waals surface area contributed by atoms with E-state index in [1.807, 2.05) is 0 Å². The average molecular weight is 264 g/mol. The fourth-order valence-electron chi connectivity index (χ4n) is 1.73. The molecule has 2 rings (SSSR count). The van der Waals surface area contributed by atoms with Crippen LogP contribution in [0.3, 0.4) is 0 Å². The molecule has 0 fully saturated rings. The highest BCUT2D eigenvalue weighted by atomic mass is 19.1. The van der Waals surface area contributed by atoms with Gasteiger partial charge in [-0.05, 0) is 36.8 Å². The summed E-state index contributed by atoms with van der Waals surface area (Å²) in [6, 6.07) is 6.97. The van der Waals surface area contributed by atoms with Crippen LogP contribution < -0.4 is 15.8 Å². The van der Waals surface area contributed by atoms with Gasteiger partial charge in [0.25, 0.3) is 0 Å². The average Bonchev–Trinajstić information content (AvgIpc) is 2.35. The molecule has 0 amide bonds. The minimum Gasteiger partial charge on any atom is -0.494 e. The molecule has 0 aliphatic heterocycles. The summed E-state index contributed by atoms with van der Waals surface area (Å²) in [6.07, 6.45) is 0. The number of rotatable bonds is 3. The number of hydrogen-bond donors (Lipinski definition) is 2. The molecule has 0 bridgehead atoms. The number of nitrogens with one attached hydrogen (secondary N) is 1. The molecule has 0 heterocycles. The number of nitrogen functional groups attached to an aromatic ring is 1. The number of anilines is 3. The van der Waals surface area contributed by atoms with Gasteiger partial charge in [0.1, 0.15) is 5.82 Å². The van der Waals surface area contributed by atoms with Crippen molar-refractivity contribution in [2.45, 2.75) is 6.92 Å². The number of benzene rings is 2. The number of methoxy groups -OCH3 is 1. The lowest BCUT2D eigenvalue weighted by Gasteiger charge is -2.12.